The smallest absolute Gasteiger partial charge is 0.269 e. The fraction of sp³-hybridized carbons (Fsp3) is 0.174. The van der Waals surface area contributed by atoms with Crippen molar-refractivity contribution in [3.8, 4) is 5.75 Å². The number of fused-ring (bicyclic) bond motifs is 3. The van der Waals surface area contributed by atoms with E-state index in [-0.39, 0.29) is 11.7 Å². The minimum atomic E-state index is -0.919. The molecule has 6 nitrogen and oxygen atoms in total. The van der Waals surface area contributed by atoms with Gasteiger partial charge in [0.15, 0.2) is 0 Å². The van der Waals surface area contributed by atoms with Crippen LogP contribution in [0.2, 0.25) is 5.02 Å². The highest BCUT2D eigenvalue weighted by molar-refractivity contribution is 6.30. The summed E-state index contributed by atoms with van der Waals surface area (Å²) in [5, 5.41) is 18.6. The topological polar surface area (TPSA) is 68.0 Å². The van der Waals surface area contributed by atoms with E-state index in [0.717, 1.165) is 28.2 Å². The van der Waals surface area contributed by atoms with Gasteiger partial charge in [-0.05, 0) is 35.9 Å². The highest BCUT2D eigenvalue weighted by Gasteiger charge is 2.49. The third kappa shape index (κ3) is 2.92. The predicted molar refractivity (Wildman–Crippen MR) is 115 cm³/mol. The monoisotopic (exact) mass is 419 g/mol. The molecule has 150 valence electrons. The molecule has 0 amide bonds. The number of benzene rings is 3. The van der Waals surface area contributed by atoms with E-state index in [4.69, 9.17) is 21.4 Å². The normalized spacial score (nSPS) is 22.0. The first-order chi connectivity index (χ1) is 14.5. The van der Waals surface area contributed by atoms with E-state index < -0.39 is 10.6 Å². The van der Waals surface area contributed by atoms with Crippen LogP contribution in [0.3, 0.4) is 0 Å². The molecule has 0 bridgehead atoms. The number of ether oxygens (including phenoxy) is 1. The molecule has 2 heterocycles. The summed E-state index contributed by atoms with van der Waals surface area (Å²) >= 11 is 6.28. The fourth-order valence-corrected chi connectivity index (χ4v) is 4.35. The van der Waals surface area contributed by atoms with Crippen LogP contribution in [0.25, 0.3) is 0 Å². The Bertz CT molecular complexity index is 1160. The van der Waals surface area contributed by atoms with Gasteiger partial charge in [-0.1, -0.05) is 41.9 Å². The van der Waals surface area contributed by atoms with Crippen molar-refractivity contribution in [2.24, 2.45) is 5.10 Å². The summed E-state index contributed by atoms with van der Waals surface area (Å²) < 4.78 is 6.45. The van der Waals surface area contributed by atoms with Gasteiger partial charge in [0.25, 0.3) is 5.69 Å². The molecule has 30 heavy (non-hydrogen) atoms. The number of hydrogen-bond donors (Lipinski definition) is 0. The van der Waals surface area contributed by atoms with Gasteiger partial charge in [0, 0.05) is 41.6 Å². The van der Waals surface area contributed by atoms with Crippen molar-refractivity contribution in [2.75, 3.05) is 0 Å². The van der Waals surface area contributed by atoms with Crippen molar-refractivity contribution in [3.63, 3.8) is 0 Å². The number of hydrazone groups is 1. The molecule has 7 heteroatoms. The standard InChI is InChI=1S/C23H18ClN3O3/c1-23(16-7-10-18(11-8-16)27(28)29)26-21(19-13-17(24)9-12-22(19)30-23)14-20(25-26)15-5-3-2-4-6-15/h2-13,21H,14H2,1H3/t21-,23-/m0/s1. The number of nitrogens with zero attached hydrogens (tertiary/aromatic N) is 3. The highest BCUT2D eigenvalue weighted by atomic mass is 35.5. The number of non-ortho nitro benzene ring substituents is 1. The fourth-order valence-electron chi connectivity index (χ4n) is 4.17. The molecule has 0 saturated heterocycles. The molecule has 2 aliphatic heterocycles. The lowest BCUT2D eigenvalue weighted by molar-refractivity contribution is -0.384. The molecule has 0 fully saturated rings. The number of halogens is 1. The third-order valence-corrected chi connectivity index (χ3v) is 5.94. The van der Waals surface area contributed by atoms with E-state index in [1.807, 2.05) is 54.4 Å². The van der Waals surface area contributed by atoms with E-state index in [1.54, 1.807) is 18.2 Å². The summed E-state index contributed by atoms with van der Waals surface area (Å²) in [6, 6.07) is 22.0. The van der Waals surface area contributed by atoms with Gasteiger partial charge >= 0.3 is 0 Å². The van der Waals surface area contributed by atoms with Crippen LogP contribution in [0.1, 0.15) is 36.1 Å². The lowest BCUT2D eigenvalue weighted by atomic mass is 9.92. The second kappa shape index (κ2) is 6.85. The van der Waals surface area contributed by atoms with E-state index in [9.17, 15) is 10.1 Å². The first-order valence-electron chi connectivity index (χ1n) is 9.61. The molecule has 0 aromatic heterocycles. The second-order valence-electron chi connectivity index (χ2n) is 7.55. The summed E-state index contributed by atoms with van der Waals surface area (Å²) in [5.41, 5.74) is 2.91. The Kier molecular flexibility index (Phi) is 4.25. The molecule has 2 atom stereocenters. The summed E-state index contributed by atoms with van der Waals surface area (Å²) in [7, 11) is 0. The molecule has 0 saturated carbocycles. The zero-order valence-corrected chi connectivity index (χ0v) is 16.9. The van der Waals surface area contributed by atoms with Crippen LogP contribution in [-0.4, -0.2) is 15.6 Å². The van der Waals surface area contributed by atoms with Gasteiger partial charge < -0.3 is 4.74 Å². The van der Waals surface area contributed by atoms with Crippen molar-refractivity contribution in [2.45, 2.75) is 25.1 Å². The molecule has 3 aromatic carbocycles. The van der Waals surface area contributed by atoms with Crippen molar-refractivity contribution in [1.82, 2.24) is 5.01 Å². The molecule has 0 N–H and O–H groups in total. The average Bonchev–Trinajstić information content (AvgIpc) is 3.22. The van der Waals surface area contributed by atoms with Crippen LogP contribution < -0.4 is 4.74 Å². The second-order valence-corrected chi connectivity index (χ2v) is 7.98. The third-order valence-electron chi connectivity index (χ3n) is 5.71. The van der Waals surface area contributed by atoms with E-state index in [0.29, 0.717) is 11.4 Å². The molecular weight excluding hydrogens is 402 g/mol. The predicted octanol–water partition coefficient (Wildman–Crippen LogP) is 5.66. The van der Waals surface area contributed by atoms with Crippen molar-refractivity contribution in [3.05, 3.63) is 105 Å². The lowest BCUT2D eigenvalue weighted by Crippen LogP contribution is -2.48. The van der Waals surface area contributed by atoms with Crippen LogP contribution in [0, 0.1) is 10.1 Å². The molecule has 0 spiro atoms. The summed E-state index contributed by atoms with van der Waals surface area (Å²) in [4.78, 5) is 10.7. The molecule has 0 unspecified atom stereocenters. The maximum absolute atomic E-state index is 11.1. The maximum Gasteiger partial charge on any atom is 0.269 e. The molecule has 5 rings (SSSR count). The Balaban J connectivity index is 1.64. The molecular formula is C23H18ClN3O3. The van der Waals surface area contributed by atoms with Gasteiger partial charge in [-0.15, -0.1) is 0 Å². The Labute approximate surface area is 178 Å². The summed E-state index contributed by atoms with van der Waals surface area (Å²) in [5.74, 6) is 0.742. The SMILES string of the molecule is C[C@@]1(c2ccc([N+](=O)[O-])cc2)Oc2ccc(Cl)cc2[C@@H]2CC(c3ccccc3)=NN21. The van der Waals surface area contributed by atoms with Crippen molar-refractivity contribution in [1.29, 1.82) is 0 Å². The zero-order chi connectivity index (χ0) is 20.9. The Morgan fingerprint density at radius 1 is 1.13 bits per heavy atom. The number of nitro groups is 1. The van der Waals surface area contributed by atoms with Gasteiger partial charge in [0.2, 0.25) is 5.72 Å². The van der Waals surface area contributed by atoms with Gasteiger partial charge in [0.05, 0.1) is 16.7 Å². The average molecular weight is 420 g/mol. The largest absolute Gasteiger partial charge is 0.462 e. The minimum Gasteiger partial charge on any atom is -0.462 e. The lowest BCUT2D eigenvalue weighted by Gasteiger charge is -2.46. The molecule has 0 radical (unpaired) electrons. The quantitative estimate of drug-likeness (QED) is 0.405. The molecule has 3 aromatic rings. The summed E-state index contributed by atoms with van der Waals surface area (Å²) in [6.45, 7) is 1.94. The van der Waals surface area contributed by atoms with E-state index in [2.05, 4.69) is 0 Å². The van der Waals surface area contributed by atoms with Crippen LogP contribution in [0.15, 0.2) is 77.9 Å². The maximum atomic E-state index is 11.1. The first kappa shape index (κ1) is 18.6. The van der Waals surface area contributed by atoms with Crippen LogP contribution in [0.5, 0.6) is 5.75 Å². The van der Waals surface area contributed by atoms with Crippen LogP contribution >= 0.6 is 11.6 Å². The van der Waals surface area contributed by atoms with Crippen LogP contribution in [-0.2, 0) is 5.72 Å². The van der Waals surface area contributed by atoms with Crippen LogP contribution in [0.4, 0.5) is 5.69 Å². The first-order valence-corrected chi connectivity index (χ1v) is 9.99. The van der Waals surface area contributed by atoms with Crippen molar-refractivity contribution >= 4 is 23.0 Å². The Morgan fingerprint density at radius 2 is 1.87 bits per heavy atom. The van der Waals surface area contributed by atoms with E-state index in [1.165, 1.54) is 12.1 Å². The Morgan fingerprint density at radius 3 is 2.57 bits per heavy atom. The zero-order valence-electron chi connectivity index (χ0n) is 16.2. The molecule has 2 aliphatic rings. The number of nitro benzene ring substituents is 1. The minimum absolute atomic E-state index is 0.0387. The summed E-state index contributed by atoms with van der Waals surface area (Å²) in [6.07, 6.45) is 0.712. The van der Waals surface area contributed by atoms with Gasteiger partial charge in [-0.25, -0.2) is 5.01 Å². The van der Waals surface area contributed by atoms with Crippen molar-refractivity contribution < 1.29 is 9.66 Å². The Hall–Kier alpha value is -3.38. The van der Waals surface area contributed by atoms with Gasteiger partial charge in [0.1, 0.15) is 5.75 Å². The number of hydrogen-bond acceptors (Lipinski definition) is 5. The van der Waals surface area contributed by atoms with E-state index >= 15 is 0 Å². The highest BCUT2D eigenvalue weighted by Crippen LogP contribution is 2.50. The van der Waals surface area contributed by atoms with Gasteiger partial charge in [-0.3, -0.25) is 10.1 Å². The van der Waals surface area contributed by atoms with Gasteiger partial charge in [-0.2, -0.15) is 5.10 Å². The molecule has 0 aliphatic carbocycles. The number of rotatable bonds is 3.